The Balaban J connectivity index is 0.00000240. The molecule has 2 saturated heterocycles. The van der Waals surface area contributed by atoms with E-state index in [0.717, 1.165) is 57.7 Å². The molecule has 0 aliphatic carbocycles. The first-order valence-electron chi connectivity index (χ1n) is 10.3. The number of aromatic nitrogens is 2. The Bertz CT molecular complexity index is 763. The number of carbonyl (C=O) groups excluding carboxylic acids is 1. The smallest absolute Gasteiger partial charge is 0.240 e. The minimum Gasteiger partial charge on any atom is -0.354 e. The van der Waals surface area contributed by atoms with Crippen molar-refractivity contribution in [2.45, 2.75) is 44.7 Å². The van der Waals surface area contributed by atoms with Crippen LogP contribution >= 0.6 is 12.4 Å². The molecule has 1 amide bonds. The maximum absolute atomic E-state index is 12.2. The molecule has 1 aromatic heterocycles. The van der Waals surface area contributed by atoms with Crippen molar-refractivity contribution in [3.05, 3.63) is 47.6 Å². The lowest BCUT2D eigenvalue weighted by molar-refractivity contribution is -0.123. The summed E-state index contributed by atoms with van der Waals surface area (Å²) in [6.45, 7) is 4.36. The highest BCUT2D eigenvalue weighted by atomic mass is 35.5. The van der Waals surface area contributed by atoms with Crippen molar-refractivity contribution in [3.8, 4) is 0 Å². The van der Waals surface area contributed by atoms with Crippen molar-refractivity contribution in [1.29, 1.82) is 0 Å². The number of rotatable bonds is 7. The summed E-state index contributed by atoms with van der Waals surface area (Å²) in [5, 5.41) is 10.5. The van der Waals surface area contributed by atoms with Crippen LogP contribution in [0.2, 0.25) is 0 Å². The first-order valence-corrected chi connectivity index (χ1v) is 10.3. The third-order valence-corrected chi connectivity index (χ3v) is 5.62. The largest absolute Gasteiger partial charge is 0.354 e. The van der Waals surface area contributed by atoms with Gasteiger partial charge in [0.2, 0.25) is 11.8 Å². The summed E-state index contributed by atoms with van der Waals surface area (Å²) in [5.41, 5.74) is 1.18. The van der Waals surface area contributed by atoms with Crippen LogP contribution in [0.15, 0.2) is 34.9 Å². The van der Waals surface area contributed by atoms with E-state index in [-0.39, 0.29) is 24.4 Å². The SMILES string of the molecule is Cl.O=C(NCC1CCCN(Cc2nc(Cc3ccccc3)no2)C1)C1CCCN1. The van der Waals surface area contributed by atoms with Gasteiger partial charge in [-0.3, -0.25) is 9.69 Å². The number of benzene rings is 1. The molecule has 2 unspecified atom stereocenters. The molecule has 158 valence electrons. The number of nitrogens with zero attached hydrogens (tertiary/aromatic N) is 3. The van der Waals surface area contributed by atoms with Gasteiger partial charge in [0.1, 0.15) is 0 Å². The summed E-state index contributed by atoms with van der Waals surface area (Å²) < 4.78 is 5.46. The molecule has 0 saturated carbocycles. The van der Waals surface area contributed by atoms with Crippen molar-refractivity contribution < 1.29 is 9.32 Å². The van der Waals surface area contributed by atoms with E-state index in [0.29, 0.717) is 24.8 Å². The molecule has 4 rings (SSSR count). The highest BCUT2D eigenvalue weighted by Crippen LogP contribution is 2.18. The Morgan fingerprint density at radius 1 is 1.24 bits per heavy atom. The molecule has 2 aliphatic heterocycles. The predicted molar refractivity (Wildman–Crippen MR) is 113 cm³/mol. The van der Waals surface area contributed by atoms with Crippen LogP contribution in [0.5, 0.6) is 0 Å². The molecule has 2 aromatic rings. The van der Waals surface area contributed by atoms with Crippen molar-refractivity contribution in [2.75, 3.05) is 26.2 Å². The van der Waals surface area contributed by atoms with E-state index >= 15 is 0 Å². The number of nitrogens with one attached hydrogen (secondary N) is 2. The van der Waals surface area contributed by atoms with Gasteiger partial charge in [-0.2, -0.15) is 4.98 Å². The van der Waals surface area contributed by atoms with E-state index in [1.54, 1.807) is 0 Å². The summed E-state index contributed by atoms with van der Waals surface area (Å²) in [7, 11) is 0. The second-order valence-electron chi connectivity index (χ2n) is 7.90. The molecular formula is C21H30ClN5O2. The maximum Gasteiger partial charge on any atom is 0.240 e. The van der Waals surface area contributed by atoms with Crippen molar-refractivity contribution in [3.63, 3.8) is 0 Å². The maximum atomic E-state index is 12.2. The van der Waals surface area contributed by atoms with E-state index in [1.807, 2.05) is 18.2 Å². The highest BCUT2D eigenvalue weighted by Gasteiger charge is 2.25. The van der Waals surface area contributed by atoms with Crippen LogP contribution in [-0.4, -0.2) is 53.2 Å². The third-order valence-electron chi connectivity index (χ3n) is 5.62. The molecule has 0 radical (unpaired) electrons. The minimum absolute atomic E-state index is 0. The molecule has 2 atom stereocenters. The fourth-order valence-corrected chi connectivity index (χ4v) is 4.13. The van der Waals surface area contributed by atoms with Crippen LogP contribution in [0.25, 0.3) is 0 Å². The standard InChI is InChI=1S/C21H29N5O2.ClH/c27-21(18-9-4-10-22-18)23-13-17-8-5-11-26(14-17)15-20-24-19(25-28-20)12-16-6-2-1-3-7-16;/h1-3,6-7,17-18,22H,4-5,8-15H2,(H,23,27);1H. The highest BCUT2D eigenvalue weighted by molar-refractivity contribution is 5.85. The van der Waals surface area contributed by atoms with Crippen molar-refractivity contribution >= 4 is 18.3 Å². The summed E-state index contributed by atoms with van der Waals surface area (Å²) in [6.07, 6.45) is 5.01. The van der Waals surface area contributed by atoms with E-state index in [9.17, 15) is 4.79 Å². The molecular weight excluding hydrogens is 390 g/mol. The molecule has 7 nitrogen and oxygen atoms in total. The van der Waals surface area contributed by atoms with E-state index < -0.39 is 0 Å². The molecule has 29 heavy (non-hydrogen) atoms. The normalized spacial score (nSPS) is 22.2. The van der Waals surface area contributed by atoms with Gasteiger partial charge in [-0.1, -0.05) is 35.5 Å². The van der Waals surface area contributed by atoms with Crippen LogP contribution in [0.3, 0.4) is 0 Å². The Morgan fingerprint density at radius 2 is 2.10 bits per heavy atom. The summed E-state index contributed by atoms with van der Waals surface area (Å²) >= 11 is 0. The number of halogens is 1. The number of carbonyl (C=O) groups is 1. The van der Waals surface area contributed by atoms with Crippen LogP contribution in [0.4, 0.5) is 0 Å². The average Bonchev–Trinajstić information content (AvgIpc) is 3.40. The average molecular weight is 420 g/mol. The van der Waals surface area contributed by atoms with E-state index in [2.05, 4.69) is 37.8 Å². The number of hydrogen-bond donors (Lipinski definition) is 2. The molecule has 0 spiro atoms. The van der Waals surface area contributed by atoms with Gasteiger partial charge < -0.3 is 15.2 Å². The van der Waals surface area contributed by atoms with Crippen LogP contribution in [0, 0.1) is 5.92 Å². The van der Waals surface area contributed by atoms with Gasteiger partial charge in [0, 0.05) is 19.5 Å². The van der Waals surface area contributed by atoms with Gasteiger partial charge >= 0.3 is 0 Å². The first kappa shape index (κ1) is 21.7. The van der Waals surface area contributed by atoms with E-state index in [1.165, 1.54) is 5.56 Å². The van der Waals surface area contributed by atoms with Gasteiger partial charge in [-0.25, -0.2) is 0 Å². The zero-order valence-electron chi connectivity index (χ0n) is 16.7. The second kappa shape index (κ2) is 10.7. The molecule has 2 N–H and O–H groups in total. The monoisotopic (exact) mass is 419 g/mol. The first-order chi connectivity index (χ1) is 13.8. The summed E-state index contributed by atoms with van der Waals surface area (Å²) in [5.74, 6) is 2.03. The molecule has 2 aliphatic rings. The number of hydrogen-bond acceptors (Lipinski definition) is 6. The van der Waals surface area contributed by atoms with Gasteiger partial charge in [-0.05, 0) is 50.3 Å². The molecule has 8 heteroatoms. The van der Waals surface area contributed by atoms with Crippen LogP contribution in [-0.2, 0) is 17.8 Å². The molecule has 1 aromatic carbocycles. The molecule has 3 heterocycles. The Morgan fingerprint density at radius 3 is 2.90 bits per heavy atom. The van der Waals surface area contributed by atoms with Crippen LogP contribution < -0.4 is 10.6 Å². The fraction of sp³-hybridized carbons (Fsp3) is 0.571. The Kier molecular flexibility index (Phi) is 8.03. The Hall–Kier alpha value is -1.96. The zero-order valence-corrected chi connectivity index (χ0v) is 17.5. The van der Waals surface area contributed by atoms with Gasteiger partial charge in [-0.15, -0.1) is 12.4 Å². The van der Waals surface area contributed by atoms with E-state index in [4.69, 9.17) is 4.52 Å². The fourth-order valence-electron chi connectivity index (χ4n) is 4.13. The van der Waals surface area contributed by atoms with Gasteiger partial charge in [0.15, 0.2) is 5.82 Å². The van der Waals surface area contributed by atoms with Crippen molar-refractivity contribution in [2.24, 2.45) is 5.92 Å². The number of piperidine rings is 1. The third kappa shape index (κ3) is 6.26. The summed E-state index contributed by atoms with van der Waals surface area (Å²) in [6, 6.07) is 10.2. The molecule has 0 bridgehead atoms. The lowest BCUT2D eigenvalue weighted by atomic mass is 9.98. The van der Waals surface area contributed by atoms with Gasteiger partial charge in [0.25, 0.3) is 0 Å². The summed E-state index contributed by atoms with van der Waals surface area (Å²) in [4.78, 5) is 19.1. The Labute approximate surface area is 178 Å². The lowest BCUT2D eigenvalue weighted by Crippen LogP contribution is -2.45. The minimum atomic E-state index is 0. The number of amides is 1. The van der Waals surface area contributed by atoms with Crippen molar-refractivity contribution in [1.82, 2.24) is 25.7 Å². The van der Waals surface area contributed by atoms with Gasteiger partial charge in [0.05, 0.1) is 12.6 Å². The second-order valence-corrected chi connectivity index (χ2v) is 7.90. The predicted octanol–water partition coefficient (Wildman–Crippen LogP) is 2.16. The zero-order chi connectivity index (χ0) is 19.2. The number of likely N-dealkylation sites (tertiary alicyclic amines) is 1. The lowest BCUT2D eigenvalue weighted by Gasteiger charge is -2.32. The quantitative estimate of drug-likeness (QED) is 0.715. The topological polar surface area (TPSA) is 83.3 Å². The molecule has 2 fully saturated rings. The van der Waals surface area contributed by atoms with Crippen LogP contribution in [0.1, 0.15) is 43.0 Å².